The number of carboxylic acids is 1. The van der Waals surface area contributed by atoms with Crippen LogP contribution in [0, 0.1) is 11.8 Å². The number of hydrogen-bond donors (Lipinski definition) is 2. The van der Waals surface area contributed by atoms with Crippen molar-refractivity contribution in [1.82, 2.24) is 10.2 Å². The maximum absolute atomic E-state index is 12.6. The first kappa shape index (κ1) is 23.4. The van der Waals surface area contributed by atoms with Crippen molar-refractivity contribution in [3.8, 4) is 11.1 Å². The summed E-state index contributed by atoms with van der Waals surface area (Å²) in [6.07, 6.45) is 3.97. The smallest absolute Gasteiger partial charge is 0.407 e. The first-order valence-electron chi connectivity index (χ1n) is 12.6. The average molecular weight is 477 g/mol. The van der Waals surface area contributed by atoms with Gasteiger partial charge in [-0.3, -0.25) is 4.79 Å². The number of nitrogens with zero attached hydrogens (tertiary/aromatic N) is 1. The van der Waals surface area contributed by atoms with Crippen molar-refractivity contribution in [2.45, 2.75) is 50.5 Å². The highest BCUT2D eigenvalue weighted by Crippen LogP contribution is 2.44. The topological polar surface area (TPSA) is 95.9 Å². The molecule has 1 saturated heterocycles. The number of benzene rings is 2. The van der Waals surface area contributed by atoms with Crippen LogP contribution in [0.5, 0.6) is 0 Å². The highest BCUT2D eigenvalue weighted by atomic mass is 16.5. The van der Waals surface area contributed by atoms with Crippen LogP contribution in [0.15, 0.2) is 48.5 Å². The Kier molecular flexibility index (Phi) is 6.75. The van der Waals surface area contributed by atoms with Gasteiger partial charge < -0.3 is 20.1 Å². The molecule has 0 bridgehead atoms. The summed E-state index contributed by atoms with van der Waals surface area (Å²) in [7, 11) is 0. The second-order valence-corrected chi connectivity index (χ2v) is 10.1. The van der Waals surface area contributed by atoms with Gasteiger partial charge >= 0.3 is 12.1 Å². The minimum Gasteiger partial charge on any atom is -0.480 e. The number of likely N-dealkylation sites (tertiary alicyclic amines) is 1. The van der Waals surface area contributed by atoms with Crippen LogP contribution in [0.4, 0.5) is 4.79 Å². The molecule has 5 rings (SSSR count). The van der Waals surface area contributed by atoms with E-state index in [1.807, 2.05) is 24.3 Å². The lowest BCUT2D eigenvalue weighted by molar-refractivity contribution is -0.152. The Labute approximate surface area is 205 Å². The molecule has 2 aromatic rings. The number of aliphatic carboxylic acids is 1. The third kappa shape index (κ3) is 4.90. The molecular weight excluding hydrogens is 444 g/mol. The highest BCUT2D eigenvalue weighted by Gasteiger charge is 2.36. The molecule has 1 heterocycles. The van der Waals surface area contributed by atoms with Gasteiger partial charge in [-0.1, -0.05) is 48.5 Å². The van der Waals surface area contributed by atoms with Crippen LogP contribution in [-0.4, -0.2) is 53.7 Å². The Morgan fingerprint density at radius 3 is 2.26 bits per heavy atom. The minimum absolute atomic E-state index is 0.0386. The lowest BCUT2D eigenvalue weighted by Gasteiger charge is -2.38. The van der Waals surface area contributed by atoms with Gasteiger partial charge in [-0.25, -0.2) is 9.59 Å². The van der Waals surface area contributed by atoms with Crippen molar-refractivity contribution < 1.29 is 24.2 Å². The number of rotatable bonds is 7. The van der Waals surface area contributed by atoms with Gasteiger partial charge in [0.05, 0.1) is 0 Å². The Morgan fingerprint density at radius 1 is 0.943 bits per heavy atom. The fourth-order valence-electron chi connectivity index (χ4n) is 5.94. The summed E-state index contributed by atoms with van der Waals surface area (Å²) in [4.78, 5) is 38.0. The van der Waals surface area contributed by atoms with Crippen molar-refractivity contribution in [2.24, 2.45) is 11.8 Å². The van der Waals surface area contributed by atoms with Gasteiger partial charge in [0.2, 0.25) is 5.91 Å². The number of piperidine rings is 1. The molecular formula is C28H32N2O5. The van der Waals surface area contributed by atoms with E-state index in [-0.39, 0.29) is 17.7 Å². The largest absolute Gasteiger partial charge is 0.480 e. The monoisotopic (exact) mass is 476 g/mol. The average Bonchev–Trinajstić information content (AvgIpc) is 3.17. The van der Waals surface area contributed by atoms with E-state index in [0.29, 0.717) is 38.5 Å². The van der Waals surface area contributed by atoms with Crippen LogP contribution in [0.1, 0.15) is 55.6 Å². The second kappa shape index (κ2) is 10.1. The molecule has 0 unspecified atom stereocenters. The Bertz CT molecular complexity index is 1060. The van der Waals surface area contributed by atoms with E-state index in [2.05, 4.69) is 29.6 Å². The van der Waals surface area contributed by atoms with E-state index in [0.717, 1.165) is 25.7 Å². The van der Waals surface area contributed by atoms with Crippen LogP contribution in [0.2, 0.25) is 0 Å². The van der Waals surface area contributed by atoms with Crippen LogP contribution in [0.25, 0.3) is 11.1 Å². The maximum atomic E-state index is 12.6. The molecule has 1 atom stereocenters. The van der Waals surface area contributed by atoms with Gasteiger partial charge in [-0.05, 0) is 66.2 Å². The van der Waals surface area contributed by atoms with Crippen LogP contribution in [-0.2, 0) is 14.3 Å². The molecule has 7 heteroatoms. The molecule has 2 aromatic carbocycles. The number of ether oxygens (including phenoxy) is 1. The first-order valence-corrected chi connectivity index (χ1v) is 12.6. The third-order valence-corrected chi connectivity index (χ3v) is 7.78. The number of amides is 2. The summed E-state index contributed by atoms with van der Waals surface area (Å²) >= 11 is 0. The van der Waals surface area contributed by atoms with Gasteiger partial charge in [0.1, 0.15) is 12.6 Å². The molecule has 2 amide bonds. The number of hydrogen-bond acceptors (Lipinski definition) is 4. The molecule has 0 radical (unpaired) electrons. The van der Waals surface area contributed by atoms with E-state index in [1.165, 1.54) is 22.3 Å². The normalized spacial score (nSPS) is 23.1. The van der Waals surface area contributed by atoms with E-state index < -0.39 is 18.1 Å². The van der Waals surface area contributed by atoms with Crippen molar-refractivity contribution in [2.75, 3.05) is 19.7 Å². The summed E-state index contributed by atoms with van der Waals surface area (Å²) in [6, 6.07) is 15.8. The molecule has 184 valence electrons. The van der Waals surface area contributed by atoms with Crippen molar-refractivity contribution in [1.29, 1.82) is 0 Å². The zero-order valence-corrected chi connectivity index (χ0v) is 19.8. The lowest BCUT2D eigenvalue weighted by Crippen LogP contribution is -2.49. The summed E-state index contributed by atoms with van der Waals surface area (Å²) in [5.41, 5.74) is 4.77. The number of fused-ring (bicyclic) bond motifs is 3. The third-order valence-electron chi connectivity index (χ3n) is 7.78. The molecule has 1 aliphatic heterocycles. The van der Waals surface area contributed by atoms with Crippen molar-refractivity contribution in [3.05, 3.63) is 59.7 Å². The van der Waals surface area contributed by atoms with Crippen LogP contribution < -0.4 is 5.32 Å². The van der Waals surface area contributed by atoms with Gasteiger partial charge in [-0.2, -0.15) is 0 Å². The predicted octanol–water partition coefficient (Wildman–Crippen LogP) is 4.41. The summed E-state index contributed by atoms with van der Waals surface area (Å²) < 4.78 is 5.60. The SMILES string of the molecule is O=C(NCC1CC(CC(=O)N2CCCC[C@@H]2C(=O)O)C1)OCC1c2ccccc2-c2ccccc21. The minimum atomic E-state index is -0.906. The van der Waals surface area contributed by atoms with Crippen molar-refractivity contribution >= 4 is 18.0 Å². The molecule has 7 nitrogen and oxygen atoms in total. The molecule has 35 heavy (non-hydrogen) atoms. The fraction of sp³-hybridized carbons (Fsp3) is 0.464. The number of nitrogens with one attached hydrogen (secondary N) is 1. The lowest BCUT2D eigenvalue weighted by atomic mass is 9.73. The summed E-state index contributed by atoms with van der Waals surface area (Å²) in [6.45, 7) is 1.36. The molecule has 0 spiro atoms. The van der Waals surface area contributed by atoms with E-state index in [1.54, 1.807) is 4.90 Å². The summed E-state index contributed by atoms with van der Waals surface area (Å²) in [5, 5.41) is 12.3. The standard InChI is InChI=1S/C28H32N2O5/c31-26(30-12-6-5-11-25(30)27(32)33)15-18-13-19(14-18)16-29-28(34)35-17-24-22-9-3-1-7-20(22)21-8-2-4-10-23(21)24/h1-4,7-10,18-19,24-25H,5-6,11-17H2,(H,29,34)(H,32,33)/t18?,19?,25-/m1/s1. The molecule has 2 aliphatic carbocycles. The zero-order chi connectivity index (χ0) is 24.4. The fourth-order valence-corrected chi connectivity index (χ4v) is 5.94. The molecule has 0 aromatic heterocycles. The summed E-state index contributed by atoms with van der Waals surface area (Å²) in [5.74, 6) is -0.336. The number of carbonyl (C=O) groups is 3. The Morgan fingerprint density at radius 2 is 1.60 bits per heavy atom. The first-order chi connectivity index (χ1) is 17.0. The number of carbonyl (C=O) groups excluding carboxylic acids is 2. The van der Waals surface area contributed by atoms with Crippen molar-refractivity contribution in [3.63, 3.8) is 0 Å². The highest BCUT2D eigenvalue weighted by molar-refractivity contribution is 5.84. The predicted molar refractivity (Wildman–Crippen MR) is 131 cm³/mol. The quantitative estimate of drug-likeness (QED) is 0.617. The second-order valence-electron chi connectivity index (χ2n) is 10.1. The maximum Gasteiger partial charge on any atom is 0.407 e. The molecule has 2 N–H and O–H groups in total. The van der Waals surface area contributed by atoms with E-state index >= 15 is 0 Å². The van der Waals surface area contributed by atoms with E-state index in [4.69, 9.17) is 4.74 Å². The van der Waals surface area contributed by atoms with Crippen LogP contribution in [0.3, 0.4) is 0 Å². The molecule has 1 saturated carbocycles. The van der Waals surface area contributed by atoms with Crippen LogP contribution >= 0.6 is 0 Å². The van der Waals surface area contributed by atoms with Gasteiger partial charge in [0.15, 0.2) is 0 Å². The number of carboxylic acid groups (broad SMARTS) is 1. The molecule has 3 aliphatic rings. The Hall–Kier alpha value is -3.35. The van der Waals surface area contributed by atoms with Gasteiger partial charge in [0, 0.05) is 25.4 Å². The van der Waals surface area contributed by atoms with E-state index in [9.17, 15) is 19.5 Å². The van der Waals surface area contributed by atoms with Gasteiger partial charge in [0.25, 0.3) is 0 Å². The molecule has 2 fully saturated rings. The Balaban J connectivity index is 1.05. The van der Waals surface area contributed by atoms with Gasteiger partial charge in [-0.15, -0.1) is 0 Å². The number of alkyl carbamates (subject to hydrolysis) is 1. The zero-order valence-electron chi connectivity index (χ0n) is 19.8.